The first-order valence-corrected chi connectivity index (χ1v) is 11.2. The molecule has 0 saturated carbocycles. The molecule has 5 aromatic rings. The molecule has 0 bridgehead atoms. The molecule has 0 aliphatic heterocycles. The molecule has 4 aromatic carbocycles. The Morgan fingerprint density at radius 1 is 0.848 bits per heavy atom. The van der Waals surface area contributed by atoms with Crippen LogP contribution in [0.3, 0.4) is 0 Å². The fourth-order valence-electron chi connectivity index (χ4n) is 3.71. The topological polar surface area (TPSA) is 124 Å². The molecule has 0 saturated heterocycles. The van der Waals surface area contributed by atoms with E-state index in [9.17, 15) is 23.2 Å². The van der Waals surface area contributed by atoms with Gasteiger partial charge < -0.3 is 15.2 Å². The molecule has 0 atom stereocenters. The van der Waals surface area contributed by atoms with Crippen molar-refractivity contribution in [2.45, 2.75) is 4.90 Å². The summed E-state index contributed by atoms with van der Waals surface area (Å²) in [6.45, 7) is 0. The lowest BCUT2D eigenvalue weighted by atomic mass is 10.0. The summed E-state index contributed by atoms with van der Waals surface area (Å²) in [6, 6.07) is 18.0. The standard InChI is InChI=1S/C23H15ClN2O5S.ClH/c24-15-5-1-12(2-6-15)13-3-7-17(19(27)10-13)23-25-18-8-4-14-9-16(32(29,30)31)11-20(28)21(14)22(18)26-23;/h1-11,27-28H,(H,25,26)(H,29,30,31);1H. The molecular weight excluding hydrogens is 487 g/mol. The van der Waals surface area contributed by atoms with Crippen LogP contribution in [0.15, 0.2) is 71.6 Å². The number of nitrogens with one attached hydrogen (secondary N) is 1. The molecular formula is C23H16Cl2N2O5S. The molecule has 0 fully saturated rings. The summed E-state index contributed by atoms with van der Waals surface area (Å²) in [5.74, 6) is 0.0608. The summed E-state index contributed by atoms with van der Waals surface area (Å²) >= 11 is 5.94. The summed E-state index contributed by atoms with van der Waals surface area (Å²) in [5, 5.41) is 22.4. The third kappa shape index (κ3) is 4.09. The zero-order valence-electron chi connectivity index (χ0n) is 16.7. The molecule has 1 heterocycles. The number of nitrogens with zero attached hydrogens (tertiary/aromatic N) is 1. The van der Waals surface area contributed by atoms with Crippen LogP contribution in [0.2, 0.25) is 5.02 Å². The Morgan fingerprint density at radius 2 is 1.55 bits per heavy atom. The Balaban J connectivity index is 0.00000259. The van der Waals surface area contributed by atoms with E-state index in [0.29, 0.717) is 38.2 Å². The van der Waals surface area contributed by atoms with Crippen LogP contribution in [0, 0.1) is 0 Å². The SMILES string of the molecule is Cl.O=S(=O)(O)c1cc(O)c2c(ccc3[nH]c(-c4ccc(-c5ccc(Cl)cc5)cc4O)nc32)c1. The maximum Gasteiger partial charge on any atom is 0.294 e. The largest absolute Gasteiger partial charge is 0.507 e. The smallest absolute Gasteiger partial charge is 0.294 e. The maximum atomic E-state index is 11.5. The van der Waals surface area contributed by atoms with Crippen LogP contribution in [0.5, 0.6) is 11.5 Å². The number of H-pyrrole nitrogens is 1. The van der Waals surface area contributed by atoms with Crippen LogP contribution in [0.4, 0.5) is 0 Å². The van der Waals surface area contributed by atoms with Crippen LogP contribution >= 0.6 is 24.0 Å². The Hall–Kier alpha value is -3.30. The second-order valence-corrected chi connectivity index (χ2v) is 9.16. The molecule has 5 rings (SSSR count). The van der Waals surface area contributed by atoms with Gasteiger partial charge in [0.2, 0.25) is 0 Å². The number of imidazole rings is 1. The molecule has 0 unspecified atom stereocenters. The van der Waals surface area contributed by atoms with Crippen molar-refractivity contribution < 1.29 is 23.2 Å². The number of benzene rings is 4. The van der Waals surface area contributed by atoms with E-state index in [-0.39, 0.29) is 23.9 Å². The fraction of sp³-hybridized carbons (Fsp3) is 0. The van der Waals surface area contributed by atoms with Crippen LogP contribution in [0.25, 0.3) is 44.3 Å². The number of fused-ring (bicyclic) bond motifs is 3. The molecule has 4 N–H and O–H groups in total. The number of phenolic OH excluding ortho intramolecular Hbond substituents is 2. The predicted octanol–water partition coefficient (Wildman–Crippen LogP) is 5.78. The number of hydrogen-bond donors (Lipinski definition) is 4. The van der Waals surface area contributed by atoms with Crippen LogP contribution in [-0.4, -0.2) is 33.2 Å². The van der Waals surface area contributed by atoms with Crippen LogP contribution in [0.1, 0.15) is 0 Å². The number of halogens is 2. The quantitative estimate of drug-likeness (QED) is 0.231. The normalized spacial score (nSPS) is 11.6. The van der Waals surface area contributed by atoms with Crippen molar-refractivity contribution in [1.29, 1.82) is 0 Å². The Morgan fingerprint density at radius 3 is 2.21 bits per heavy atom. The van der Waals surface area contributed by atoms with Crippen molar-refractivity contribution in [2.24, 2.45) is 0 Å². The van der Waals surface area contributed by atoms with E-state index in [1.54, 1.807) is 36.4 Å². The van der Waals surface area contributed by atoms with Gasteiger partial charge in [0.15, 0.2) is 0 Å². The first-order valence-electron chi connectivity index (χ1n) is 9.43. The van der Waals surface area contributed by atoms with Gasteiger partial charge in [-0.2, -0.15) is 8.42 Å². The molecule has 168 valence electrons. The Kier molecular flexibility index (Phi) is 5.71. The first kappa shape index (κ1) is 22.9. The molecule has 7 nitrogen and oxygen atoms in total. The highest BCUT2D eigenvalue weighted by Gasteiger charge is 2.18. The lowest BCUT2D eigenvalue weighted by Crippen LogP contribution is -1.97. The minimum Gasteiger partial charge on any atom is -0.507 e. The predicted molar refractivity (Wildman–Crippen MR) is 130 cm³/mol. The van der Waals surface area contributed by atoms with Gasteiger partial charge in [-0.1, -0.05) is 35.9 Å². The van der Waals surface area contributed by atoms with E-state index in [1.165, 1.54) is 6.07 Å². The summed E-state index contributed by atoms with van der Waals surface area (Å²) < 4.78 is 32.2. The second-order valence-electron chi connectivity index (χ2n) is 7.30. The molecule has 33 heavy (non-hydrogen) atoms. The van der Waals surface area contributed by atoms with Gasteiger partial charge in [-0.15, -0.1) is 12.4 Å². The zero-order valence-corrected chi connectivity index (χ0v) is 19.0. The molecule has 0 spiro atoms. The van der Waals surface area contributed by atoms with E-state index >= 15 is 0 Å². The van der Waals surface area contributed by atoms with E-state index in [0.717, 1.165) is 17.2 Å². The Labute approximate surface area is 199 Å². The number of aromatic nitrogens is 2. The second kappa shape index (κ2) is 8.24. The van der Waals surface area contributed by atoms with Crippen molar-refractivity contribution in [3.8, 4) is 34.0 Å². The van der Waals surface area contributed by atoms with Gasteiger partial charge in [-0.05, 0) is 52.9 Å². The van der Waals surface area contributed by atoms with Gasteiger partial charge in [0.1, 0.15) is 22.8 Å². The van der Waals surface area contributed by atoms with Gasteiger partial charge in [0.05, 0.1) is 21.4 Å². The van der Waals surface area contributed by atoms with Gasteiger partial charge in [-0.3, -0.25) is 4.55 Å². The van der Waals surface area contributed by atoms with Crippen LogP contribution < -0.4 is 0 Å². The summed E-state index contributed by atoms with van der Waals surface area (Å²) in [6.07, 6.45) is 0. The fourth-order valence-corrected chi connectivity index (χ4v) is 4.38. The minimum atomic E-state index is -4.47. The van der Waals surface area contributed by atoms with Crippen molar-refractivity contribution in [2.75, 3.05) is 0 Å². The van der Waals surface area contributed by atoms with Gasteiger partial charge in [0.25, 0.3) is 10.1 Å². The number of hydrogen-bond acceptors (Lipinski definition) is 5. The van der Waals surface area contributed by atoms with Crippen molar-refractivity contribution >= 4 is 55.9 Å². The monoisotopic (exact) mass is 502 g/mol. The highest BCUT2D eigenvalue weighted by molar-refractivity contribution is 7.85. The molecule has 0 aliphatic carbocycles. The van der Waals surface area contributed by atoms with Gasteiger partial charge in [-0.25, -0.2) is 4.98 Å². The van der Waals surface area contributed by atoms with E-state index in [4.69, 9.17) is 11.6 Å². The Bertz CT molecular complexity index is 1630. The average molecular weight is 503 g/mol. The van der Waals surface area contributed by atoms with Gasteiger partial charge in [0, 0.05) is 11.1 Å². The first-order chi connectivity index (χ1) is 15.2. The lowest BCUT2D eigenvalue weighted by molar-refractivity contribution is 0.471. The molecule has 1 aromatic heterocycles. The number of aromatic hydroxyl groups is 2. The summed E-state index contributed by atoms with van der Waals surface area (Å²) in [7, 11) is -4.47. The van der Waals surface area contributed by atoms with E-state index < -0.39 is 15.0 Å². The zero-order chi connectivity index (χ0) is 22.6. The third-order valence-electron chi connectivity index (χ3n) is 5.25. The van der Waals surface area contributed by atoms with E-state index in [1.807, 2.05) is 18.2 Å². The van der Waals surface area contributed by atoms with Crippen molar-refractivity contribution in [3.63, 3.8) is 0 Å². The lowest BCUT2D eigenvalue weighted by Gasteiger charge is -2.06. The maximum absolute atomic E-state index is 11.5. The average Bonchev–Trinajstić information content (AvgIpc) is 3.17. The molecule has 0 radical (unpaired) electrons. The molecule has 10 heteroatoms. The number of rotatable bonds is 3. The third-order valence-corrected chi connectivity index (χ3v) is 6.33. The van der Waals surface area contributed by atoms with Crippen molar-refractivity contribution in [1.82, 2.24) is 9.97 Å². The highest BCUT2D eigenvalue weighted by atomic mass is 35.5. The van der Waals surface area contributed by atoms with Crippen molar-refractivity contribution in [3.05, 3.63) is 71.8 Å². The summed E-state index contributed by atoms with van der Waals surface area (Å²) in [4.78, 5) is 7.24. The van der Waals surface area contributed by atoms with Gasteiger partial charge >= 0.3 is 0 Å². The highest BCUT2D eigenvalue weighted by Crippen LogP contribution is 2.37. The number of aromatic amines is 1. The molecule has 0 aliphatic rings. The molecule has 0 amide bonds. The van der Waals surface area contributed by atoms with Crippen LogP contribution in [-0.2, 0) is 10.1 Å². The van der Waals surface area contributed by atoms with E-state index in [2.05, 4.69) is 9.97 Å². The summed E-state index contributed by atoms with van der Waals surface area (Å²) in [5.41, 5.74) is 3.15. The minimum absolute atomic E-state index is 0. The number of phenols is 2.